The Morgan fingerprint density at radius 1 is 1.69 bits per heavy atom. The van der Waals surface area contributed by atoms with E-state index in [1.54, 1.807) is 0 Å². The van der Waals surface area contributed by atoms with E-state index in [0.29, 0.717) is 12.2 Å². The SMILES string of the molecule is CSCCC(NC(=O)c1ccno1)C(=O)O. The molecule has 0 bridgehead atoms. The van der Waals surface area contributed by atoms with Crippen molar-refractivity contribution in [2.24, 2.45) is 0 Å². The monoisotopic (exact) mass is 244 g/mol. The summed E-state index contributed by atoms with van der Waals surface area (Å²) in [5.41, 5.74) is 0. The second-order valence-electron chi connectivity index (χ2n) is 3.02. The number of carbonyl (C=O) groups is 2. The standard InChI is InChI=1S/C9H12N2O4S/c1-16-5-3-6(9(13)14)11-8(12)7-2-4-10-15-7/h2,4,6H,3,5H2,1H3,(H,11,12)(H,13,14). The number of carbonyl (C=O) groups excluding carboxylic acids is 1. The van der Waals surface area contributed by atoms with Gasteiger partial charge in [-0.25, -0.2) is 4.79 Å². The molecule has 1 amide bonds. The highest BCUT2D eigenvalue weighted by Crippen LogP contribution is 2.03. The summed E-state index contributed by atoms with van der Waals surface area (Å²) >= 11 is 1.52. The van der Waals surface area contributed by atoms with E-state index in [9.17, 15) is 9.59 Å². The molecule has 0 aromatic carbocycles. The number of nitrogens with zero attached hydrogens (tertiary/aromatic N) is 1. The number of aliphatic carboxylic acids is 1. The van der Waals surface area contributed by atoms with Crippen molar-refractivity contribution in [3.8, 4) is 0 Å². The van der Waals surface area contributed by atoms with Crippen LogP contribution in [0.5, 0.6) is 0 Å². The molecular formula is C9H12N2O4S. The molecule has 0 aliphatic carbocycles. The fraction of sp³-hybridized carbons (Fsp3) is 0.444. The van der Waals surface area contributed by atoms with Crippen molar-refractivity contribution in [1.82, 2.24) is 10.5 Å². The van der Waals surface area contributed by atoms with Crippen molar-refractivity contribution in [2.75, 3.05) is 12.0 Å². The molecule has 0 saturated heterocycles. The van der Waals surface area contributed by atoms with Gasteiger partial charge in [-0.2, -0.15) is 11.8 Å². The number of rotatable bonds is 6. The van der Waals surface area contributed by atoms with Crippen molar-refractivity contribution < 1.29 is 19.2 Å². The van der Waals surface area contributed by atoms with Crippen LogP contribution >= 0.6 is 11.8 Å². The average molecular weight is 244 g/mol. The summed E-state index contributed by atoms with van der Waals surface area (Å²) in [4.78, 5) is 22.3. The lowest BCUT2D eigenvalue weighted by atomic mass is 10.2. The second kappa shape index (κ2) is 6.16. The van der Waals surface area contributed by atoms with Crippen molar-refractivity contribution in [1.29, 1.82) is 0 Å². The molecule has 1 aromatic rings. The lowest BCUT2D eigenvalue weighted by Gasteiger charge is -2.12. The van der Waals surface area contributed by atoms with Crippen molar-refractivity contribution >= 4 is 23.6 Å². The Morgan fingerprint density at radius 3 is 2.94 bits per heavy atom. The maximum Gasteiger partial charge on any atom is 0.326 e. The molecule has 0 fully saturated rings. The van der Waals surface area contributed by atoms with Gasteiger partial charge in [0.1, 0.15) is 6.04 Å². The fourth-order valence-electron chi connectivity index (χ4n) is 1.06. The topological polar surface area (TPSA) is 92.4 Å². The van der Waals surface area contributed by atoms with Gasteiger partial charge in [0.15, 0.2) is 0 Å². The average Bonchev–Trinajstić information content (AvgIpc) is 2.76. The minimum absolute atomic E-state index is 0.00963. The summed E-state index contributed by atoms with van der Waals surface area (Å²) in [5.74, 6) is -0.948. The van der Waals surface area contributed by atoms with E-state index in [0.717, 1.165) is 0 Å². The molecule has 2 N–H and O–H groups in total. The first kappa shape index (κ1) is 12.6. The molecule has 0 radical (unpaired) electrons. The van der Waals surface area contributed by atoms with Gasteiger partial charge in [-0.15, -0.1) is 0 Å². The molecule has 0 saturated carbocycles. The lowest BCUT2D eigenvalue weighted by Crippen LogP contribution is -2.41. The molecule has 0 aliphatic heterocycles. The minimum atomic E-state index is -1.05. The van der Waals surface area contributed by atoms with Crippen LogP contribution in [0.2, 0.25) is 0 Å². The number of nitrogens with one attached hydrogen (secondary N) is 1. The molecule has 0 spiro atoms. The Morgan fingerprint density at radius 2 is 2.44 bits per heavy atom. The van der Waals surface area contributed by atoms with Gasteiger partial charge in [-0.1, -0.05) is 5.16 Å². The summed E-state index contributed by atoms with van der Waals surface area (Å²) in [6.07, 6.45) is 3.57. The highest BCUT2D eigenvalue weighted by atomic mass is 32.2. The van der Waals surface area contributed by atoms with Gasteiger partial charge >= 0.3 is 5.97 Å². The first-order valence-electron chi connectivity index (χ1n) is 4.58. The van der Waals surface area contributed by atoms with Gasteiger partial charge in [0.2, 0.25) is 5.76 Å². The lowest BCUT2D eigenvalue weighted by molar-refractivity contribution is -0.139. The van der Waals surface area contributed by atoms with Crippen molar-refractivity contribution in [3.63, 3.8) is 0 Å². The summed E-state index contributed by atoms with van der Waals surface area (Å²) in [6, 6.07) is 0.480. The first-order valence-corrected chi connectivity index (χ1v) is 5.98. The summed E-state index contributed by atoms with van der Waals surface area (Å²) in [6.45, 7) is 0. The molecule has 16 heavy (non-hydrogen) atoms. The Bertz CT molecular complexity index is 352. The van der Waals surface area contributed by atoms with E-state index >= 15 is 0 Å². The van der Waals surface area contributed by atoms with Crippen LogP contribution in [0.15, 0.2) is 16.8 Å². The van der Waals surface area contributed by atoms with Crippen LogP contribution in [0.25, 0.3) is 0 Å². The van der Waals surface area contributed by atoms with Crippen LogP contribution in [0.4, 0.5) is 0 Å². The minimum Gasteiger partial charge on any atom is -0.480 e. The molecule has 1 unspecified atom stereocenters. The predicted octanol–water partition coefficient (Wildman–Crippen LogP) is 0.611. The number of amides is 1. The van der Waals surface area contributed by atoms with E-state index in [1.807, 2.05) is 6.26 Å². The van der Waals surface area contributed by atoms with E-state index in [-0.39, 0.29) is 5.76 Å². The Kier molecular flexibility index (Phi) is 4.84. The molecule has 1 aromatic heterocycles. The smallest absolute Gasteiger partial charge is 0.326 e. The molecular weight excluding hydrogens is 232 g/mol. The van der Waals surface area contributed by atoms with E-state index in [2.05, 4.69) is 15.0 Å². The molecule has 7 heteroatoms. The molecule has 0 aliphatic rings. The summed E-state index contributed by atoms with van der Waals surface area (Å²) in [7, 11) is 0. The zero-order chi connectivity index (χ0) is 12.0. The van der Waals surface area contributed by atoms with Gasteiger partial charge in [0.05, 0.1) is 6.20 Å². The van der Waals surface area contributed by atoms with Crippen molar-refractivity contribution in [3.05, 3.63) is 18.0 Å². The number of hydrogen-bond donors (Lipinski definition) is 2. The van der Waals surface area contributed by atoms with Crippen LogP contribution in [-0.2, 0) is 4.79 Å². The van der Waals surface area contributed by atoms with E-state index in [4.69, 9.17) is 5.11 Å². The molecule has 1 rings (SSSR count). The quantitative estimate of drug-likeness (QED) is 0.761. The van der Waals surface area contributed by atoms with Gasteiger partial charge < -0.3 is 14.9 Å². The molecule has 1 heterocycles. The highest BCUT2D eigenvalue weighted by molar-refractivity contribution is 7.98. The van der Waals surface area contributed by atoms with E-state index < -0.39 is 17.9 Å². The highest BCUT2D eigenvalue weighted by Gasteiger charge is 2.21. The number of aromatic nitrogens is 1. The Hall–Kier alpha value is -1.50. The zero-order valence-electron chi connectivity index (χ0n) is 8.67. The molecule has 88 valence electrons. The third-order valence-electron chi connectivity index (χ3n) is 1.88. The van der Waals surface area contributed by atoms with Crippen LogP contribution in [0.3, 0.4) is 0 Å². The number of carboxylic acid groups (broad SMARTS) is 1. The van der Waals surface area contributed by atoms with Gasteiger partial charge in [-0.05, 0) is 18.4 Å². The number of hydrogen-bond acceptors (Lipinski definition) is 5. The maximum atomic E-state index is 11.5. The largest absolute Gasteiger partial charge is 0.480 e. The van der Waals surface area contributed by atoms with Crippen LogP contribution < -0.4 is 5.32 Å². The van der Waals surface area contributed by atoms with Gasteiger partial charge in [0.25, 0.3) is 5.91 Å². The van der Waals surface area contributed by atoms with Crippen LogP contribution in [-0.4, -0.2) is 40.2 Å². The normalized spacial score (nSPS) is 12.1. The number of thioether (sulfide) groups is 1. The van der Waals surface area contributed by atoms with Crippen LogP contribution in [0, 0.1) is 0 Å². The maximum absolute atomic E-state index is 11.5. The Balaban J connectivity index is 2.54. The zero-order valence-corrected chi connectivity index (χ0v) is 9.49. The second-order valence-corrected chi connectivity index (χ2v) is 4.01. The summed E-state index contributed by atoms with van der Waals surface area (Å²) < 4.78 is 4.62. The Labute approximate surface area is 96.4 Å². The molecule has 6 nitrogen and oxygen atoms in total. The third kappa shape index (κ3) is 3.58. The number of carboxylic acids is 1. The van der Waals surface area contributed by atoms with E-state index in [1.165, 1.54) is 24.0 Å². The van der Waals surface area contributed by atoms with Gasteiger partial charge in [-0.3, -0.25) is 4.79 Å². The summed E-state index contributed by atoms with van der Waals surface area (Å²) in [5, 5.41) is 14.6. The van der Waals surface area contributed by atoms with Crippen molar-refractivity contribution in [2.45, 2.75) is 12.5 Å². The predicted molar refractivity (Wildman–Crippen MR) is 58.4 cm³/mol. The van der Waals surface area contributed by atoms with Crippen LogP contribution in [0.1, 0.15) is 17.0 Å². The third-order valence-corrected chi connectivity index (χ3v) is 2.52. The molecule has 1 atom stereocenters. The first-order chi connectivity index (χ1) is 7.65. The fourth-order valence-corrected chi connectivity index (χ4v) is 1.53. The van der Waals surface area contributed by atoms with Gasteiger partial charge in [0, 0.05) is 6.07 Å².